The zero-order valence-electron chi connectivity index (χ0n) is 13.0. The Hall–Kier alpha value is -2.77. The second-order valence-electron chi connectivity index (χ2n) is 6.41. The van der Waals surface area contributed by atoms with E-state index in [1.165, 1.54) is 0 Å². The van der Waals surface area contributed by atoms with E-state index in [1.54, 1.807) is 0 Å². The first kappa shape index (κ1) is 16.1. The molecule has 2 amide bonds. The van der Waals surface area contributed by atoms with Gasteiger partial charge in [-0.1, -0.05) is 6.92 Å². The molecule has 1 aliphatic heterocycles. The Morgan fingerprint density at radius 3 is 2.54 bits per heavy atom. The van der Waals surface area contributed by atoms with Gasteiger partial charge in [-0.2, -0.15) is 0 Å². The highest BCUT2D eigenvalue weighted by molar-refractivity contribution is 6.24. The Labute approximate surface area is 137 Å². The topological polar surface area (TPSA) is 118 Å². The predicted octanol–water partition coefficient (Wildman–Crippen LogP) is 2.22. The van der Waals surface area contributed by atoms with Gasteiger partial charge in [0.15, 0.2) is 0 Å². The van der Waals surface area contributed by atoms with Crippen LogP contribution < -0.4 is 4.90 Å². The Balaban J connectivity index is 2.09. The van der Waals surface area contributed by atoms with Crippen LogP contribution in [0.25, 0.3) is 0 Å². The summed E-state index contributed by atoms with van der Waals surface area (Å²) in [7, 11) is 0. The van der Waals surface area contributed by atoms with E-state index in [9.17, 15) is 29.6 Å². The second-order valence-corrected chi connectivity index (χ2v) is 6.41. The molecule has 0 unspecified atom stereocenters. The molecule has 3 rings (SSSR count). The minimum absolute atomic E-state index is 0.214. The molecule has 0 spiro atoms. The molecule has 1 aromatic carbocycles. The molecule has 1 saturated heterocycles. The Kier molecular flexibility index (Phi) is 3.82. The van der Waals surface area contributed by atoms with Crippen molar-refractivity contribution in [3.05, 3.63) is 33.9 Å². The third-order valence-corrected chi connectivity index (χ3v) is 4.85. The number of amides is 2. The summed E-state index contributed by atoms with van der Waals surface area (Å²) in [4.78, 5) is 47.9. The highest BCUT2D eigenvalue weighted by Gasteiger charge is 2.50. The smallest absolute Gasteiger partial charge is 0.337 e. The maximum Gasteiger partial charge on any atom is 0.337 e. The van der Waals surface area contributed by atoms with E-state index in [0.717, 1.165) is 29.5 Å². The number of aromatic carboxylic acids is 1. The van der Waals surface area contributed by atoms with Gasteiger partial charge < -0.3 is 5.11 Å². The molecule has 1 saturated carbocycles. The lowest BCUT2D eigenvalue weighted by Crippen LogP contribution is -2.32. The number of anilines is 1. The molecule has 1 aromatic rings. The van der Waals surface area contributed by atoms with Crippen molar-refractivity contribution in [2.45, 2.75) is 26.2 Å². The number of fused-ring (bicyclic) bond motifs is 1. The molecule has 1 N–H and O–H groups in total. The first-order valence-corrected chi connectivity index (χ1v) is 7.70. The number of rotatable bonds is 3. The molecule has 2 fully saturated rings. The highest BCUT2D eigenvalue weighted by atomic mass is 16.6. The molecule has 8 nitrogen and oxygen atoms in total. The number of carbonyl (C=O) groups excluding carboxylic acids is 2. The van der Waals surface area contributed by atoms with Crippen LogP contribution in [0.5, 0.6) is 0 Å². The molecule has 0 radical (unpaired) electrons. The van der Waals surface area contributed by atoms with Crippen molar-refractivity contribution < 1.29 is 24.4 Å². The summed E-state index contributed by atoms with van der Waals surface area (Å²) in [6.45, 7) is 2.01. The van der Waals surface area contributed by atoms with Gasteiger partial charge >= 0.3 is 5.97 Å². The maximum atomic E-state index is 12.7. The van der Waals surface area contributed by atoms with E-state index in [0.29, 0.717) is 18.8 Å². The van der Waals surface area contributed by atoms with Gasteiger partial charge in [0.25, 0.3) is 5.69 Å². The van der Waals surface area contributed by atoms with Gasteiger partial charge in [-0.3, -0.25) is 19.7 Å². The van der Waals surface area contributed by atoms with Crippen molar-refractivity contribution in [1.29, 1.82) is 0 Å². The van der Waals surface area contributed by atoms with Crippen LogP contribution in [0, 0.1) is 27.9 Å². The number of imide groups is 1. The molecule has 2 aliphatic rings. The van der Waals surface area contributed by atoms with Gasteiger partial charge in [-0.05, 0) is 31.2 Å². The van der Waals surface area contributed by atoms with Gasteiger partial charge in [0, 0.05) is 12.1 Å². The minimum Gasteiger partial charge on any atom is -0.478 e. The van der Waals surface area contributed by atoms with E-state index >= 15 is 0 Å². The fraction of sp³-hybridized carbons (Fsp3) is 0.438. The predicted molar refractivity (Wildman–Crippen MR) is 82.5 cm³/mol. The summed E-state index contributed by atoms with van der Waals surface area (Å²) in [5, 5.41) is 20.3. The lowest BCUT2D eigenvalue weighted by atomic mass is 9.76. The molecular formula is C16H16N2O6. The summed E-state index contributed by atoms with van der Waals surface area (Å²) in [5.41, 5.74) is -0.874. The maximum absolute atomic E-state index is 12.7. The fourth-order valence-corrected chi connectivity index (χ4v) is 3.63. The van der Waals surface area contributed by atoms with Crippen LogP contribution in [0.4, 0.5) is 11.4 Å². The number of hydrogen-bond acceptors (Lipinski definition) is 5. The summed E-state index contributed by atoms with van der Waals surface area (Å²) in [5.74, 6) is -2.88. The van der Waals surface area contributed by atoms with Crippen LogP contribution in [0.2, 0.25) is 0 Å². The summed E-state index contributed by atoms with van der Waals surface area (Å²) in [6, 6.07) is 3.09. The lowest BCUT2D eigenvalue weighted by molar-refractivity contribution is -0.384. The SMILES string of the molecule is C[C@@H]1CC[C@H]2C(=O)N(c3cc([N+](=O)[O-])ccc3C(=O)O)C(=O)[C@@H]2C1. The monoisotopic (exact) mass is 332 g/mol. The minimum atomic E-state index is -1.34. The number of carboxylic acids is 1. The number of nitro benzene ring substituents is 1. The van der Waals surface area contributed by atoms with Crippen LogP contribution >= 0.6 is 0 Å². The first-order chi connectivity index (χ1) is 11.3. The van der Waals surface area contributed by atoms with Crippen LogP contribution in [0.15, 0.2) is 18.2 Å². The summed E-state index contributed by atoms with van der Waals surface area (Å²) in [6.07, 6.45) is 1.97. The zero-order chi connectivity index (χ0) is 17.6. The van der Waals surface area contributed by atoms with Gasteiger partial charge in [0.2, 0.25) is 11.8 Å². The molecule has 126 valence electrons. The van der Waals surface area contributed by atoms with Gasteiger partial charge in [-0.25, -0.2) is 9.69 Å². The largest absolute Gasteiger partial charge is 0.478 e. The normalized spacial score (nSPS) is 26.4. The van der Waals surface area contributed by atoms with Crippen LogP contribution in [-0.4, -0.2) is 27.8 Å². The molecular weight excluding hydrogens is 316 g/mol. The first-order valence-electron chi connectivity index (χ1n) is 7.70. The third kappa shape index (κ3) is 2.44. The lowest BCUT2D eigenvalue weighted by Gasteiger charge is -2.25. The highest BCUT2D eigenvalue weighted by Crippen LogP contribution is 2.43. The van der Waals surface area contributed by atoms with E-state index < -0.39 is 34.5 Å². The van der Waals surface area contributed by atoms with E-state index in [4.69, 9.17) is 0 Å². The molecule has 3 atom stereocenters. The molecule has 0 bridgehead atoms. The molecule has 0 aromatic heterocycles. The Morgan fingerprint density at radius 2 is 1.92 bits per heavy atom. The number of non-ortho nitro benzene ring substituents is 1. The average molecular weight is 332 g/mol. The number of carbonyl (C=O) groups is 3. The third-order valence-electron chi connectivity index (χ3n) is 4.85. The summed E-state index contributed by atoms with van der Waals surface area (Å²) >= 11 is 0. The van der Waals surface area contributed by atoms with Crippen molar-refractivity contribution in [1.82, 2.24) is 0 Å². The summed E-state index contributed by atoms with van der Waals surface area (Å²) < 4.78 is 0. The molecule has 1 heterocycles. The standard InChI is InChI=1S/C16H16N2O6/c1-8-2-4-10-12(6-8)15(20)17(14(10)19)13-7-9(18(23)24)3-5-11(13)16(21)22/h3,5,7-8,10,12H,2,4,6H2,1H3,(H,21,22)/t8-,10-,12-/m1/s1. The number of nitrogens with zero attached hydrogens (tertiary/aromatic N) is 2. The number of benzene rings is 1. The van der Waals surface area contributed by atoms with Crippen molar-refractivity contribution in [2.24, 2.45) is 17.8 Å². The zero-order valence-corrected chi connectivity index (χ0v) is 13.0. The van der Waals surface area contributed by atoms with Gasteiger partial charge in [0.05, 0.1) is 28.0 Å². The molecule has 8 heteroatoms. The number of nitro groups is 1. The quantitative estimate of drug-likeness (QED) is 0.515. The van der Waals surface area contributed by atoms with E-state index in [1.807, 2.05) is 6.92 Å². The van der Waals surface area contributed by atoms with Crippen molar-refractivity contribution >= 4 is 29.2 Å². The van der Waals surface area contributed by atoms with Crippen LogP contribution in [0.3, 0.4) is 0 Å². The van der Waals surface area contributed by atoms with E-state index in [2.05, 4.69) is 0 Å². The van der Waals surface area contributed by atoms with Crippen LogP contribution in [-0.2, 0) is 9.59 Å². The average Bonchev–Trinajstić information content (AvgIpc) is 2.77. The van der Waals surface area contributed by atoms with Crippen LogP contribution in [0.1, 0.15) is 36.5 Å². The molecule has 1 aliphatic carbocycles. The Morgan fingerprint density at radius 1 is 1.25 bits per heavy atom. The van der Waals surface area contributed by atoms with Crippen molar-refractivity contribution in [3.63, 3.8) is 0 Å². The number of hydrogen-bond donors (Lipinski definition) is 1. The second kappa shape index (κ2) is 5.70. The van der Waals surface area contributed by atoms with Gasteiger partial charge in [-0.15, -0.1) is 0 Å². The van der Waals surface area contributed by atoms with E-state index in [-0.39, 0.29) is 16.9 Å². The molecule has 24 heavy (non-hydrogen) atoms. The Bertz CT molecular complexity index is 759. The van der Waals surface area contributed by atoms with Gasteiger partial charge in [0.1, 0.15) is 0 Å². The number of carboxylic acid groups (broad SMARTS) is 1. The van der Waals surface area contributed by atoms with Crippen molar-refractivity contribution in [2.75, 3.05) is 4.90 Å². The fourth-order valence-electron chi connectivity index (χ4n) is 3.63. The van der Waals surface area contributed by atoms with Crippen molar-refractivity contribution in [3.8, 4) is 0 Å².